The number of carbonyl (C=O) groups excluding carboxylic acids is 1. The zero-order chi connectivity index (χ0) is 23.3. The summed E-state index contributed by atoms with van der Waals surface area (Å²) in [6, 6.07) is 13.9. The third-order valence-electron chi connectivity index (χ3n) is 5.59. The SMILES string of the molecule is CCc1ccccc1NC(=NCc1c(C)nn(CC)c1C)NC(=O)c1cc(C)cc(C)c1. The summed E-state index contributed by atoms with van der Waals surface area (Å²) in [4.78, 5) is 17.8. The van der Waals surface area contributed by atoms with E-state index < -0.39 is 0 Å². The number of amides is 1. The van der Waals surface area contributed by atoms with Crippen molar-refractivity contribution in [2.45, 2.75) is 61.1 Å². The summed E-state index contributed by atoms with van der Waals surface area (Å²) < 4.78 is 1.98. The van der Waals surface area contributed by atoms with Gasteiger partial charge in [-0.1, -0.05) is 42.3 Å². The molecule has 1 heterocycles. The predicted octanol–water partition coefficient (Wildman–Crippen LogP) is 5.10. The van der Waals surface area contributed by atoms with Crippen LogP contribution in [0.4, 0.5) is 5.69 Å². The number of hydrogen-bond acceptors (Lipinski definition) is 3. The number of aliphatic imine (C=N–C) groups is 1. The molecular formula is C26H33N5O. The molecule has 1 amide bonds. The van der Waals surface area contributed by atoms with Crippen LogP contribution in [0.15, 0.2) is 47.5 Å². The Balaban J connectivity index is 1.92. The highest BCUT2D eigenvalue weighted by Gasteiger charge is 2.14. The first-order valence-corrected chi connectivity index (χ1v) is 11.1. The van der Waals surface area contributed by atoms with E-state index in [2.05, 4.69) is 48.6 Å². The number of aryl methyl sites for hydroxylation is 5. The summed E-state index contributed by atoms with van der Waals surface area (Å²) in [6.07, 6.45) is 0.878. The maximum Gasteiger partial charge on any atom is 0.257 e. The monoisotopic (exact) mass is 431 g/mol. The molecule has 1 aromatic heterocycles. The lowest BCUT2D eigenvalue weighted by Crippen LogP contribution is -2.36. The van der Waals surface area contributed by atoms with E-state index in [9.17, 15) is 4.79 Å². The molecule has 0 aliphatic rings. The fraction of sp³-hybridized carbons (Fsp3) is 0.346. The van der Waals surface area contributed by atoms with Crippen molar-refractivity contribution in [2.24, 2.45) is 4.99 Å². The topological polar surface area (TPSA) is 71.3 Å². The van der Waals surface area contributed by atoms with Gasteiger partial charge in [0.25, 0.3) is 5.91 Å². The maximum atomic E-state index is 13.1. The first kappa shape index (κ1) is 23.3. The maximum absolute atomic E-state index is 13.1. The summed E-state index contributed by atoms with van der Waals surface area (Å²) in [7, 11) is 0. The molecule has 2 N–H and O–H groups in total. The molecular weight excluding hydrogens is 398 g/mol. The number of nitrogens with zero attached hydrogens (tertiary/aromatic N) is 3. The normalized spacial score (nSPS) is 11.5. The molecule has 0 unspecified atom stereocenters. The molecule has 0 saturated heterocycles. The molecule has 168 valence electrons. The Morgan fingerprint density at radius 1 is 1.03 bits per heavy atom. The predicted molar refractivity (Wildman–Crippen MR) is 131 cm³/mol. The average Bonchev–Trinajstić information content (AvgIpc) is 3.04. The Bertz CT molecular complexity index is 1120. The van der Waals surface area contributed by atoms with Crippen molar-refractivity contribution in [1.29, 1.82) is 0 Å². The molecule has 0 aliphatic heterocycles. The summed E-state index contributed by atoms with van der Waals surface area (Å²) in [5.74, 6) is 0.243. The molecule has 2 aromatic carbocycles. The van der Waals surface area contributed by atoms with Crippen LogP contribution in [-0.4, -0.2) is 21.6 Å². The lowest BCUT2D eigenvalue weighted by atomic mass is 10.1. The molecule has 32 heavy (non-hydrogen) atoms. The number of aromatic nitrogens is 2. The van der Waals surface area contributed by atoms with E-state index in [0.29, 0.717) is 18.1 Å². The minimum absolute atomic E-state index is 0.185. The Morgan fingerprint density at radius 2 is 1.72 bits per heavy atom. The first-order valence-electron chi connectivity index (χ1n) is 11.1. The van der Waals surface area contributed by atoms with Crippen LogP contribution in [0.2, 0.25) is 0 Å². The molecule has 6 heteroatoms. The van der Waals surface area contributed by atoms with Gasteiger partial charge in [-0.05, 0) is 64.8 Å². The summed E-state index contributed by atoms with van der Waals surface area (Å²) >= 11 is 0. The second kappa shape index (κ2) is 10.3. The average molecular weight is 432 g/mol. The van der Waals surface area contributed by atoms with Crippen molar-refractivity contribution in [1.82, 2.24) is 15.1 Å². The minimum atomic E-state index is -0.185. The standard InChI is InChI=1S/C26H33N5O/c1-7-21-11-9-10-12-24(21)28-26(27-16-23-19(5)30-31(8-2)20(23)6)29-25(32)22-14-17(3)13-18(4)15-22/h9-15H,7-8,16H2,1-6H3,(H2,27,28,29,32). The van der Waals surface area contributed by atoms with Crippen LogP contribution in [0.5, 0.6) is 0 Å². The van der Waals surface area contributed by atoms with Crippen molar-refractivity contribution in [3.8, 4) is 0 Å². The zero-order valence-corrected chi connectivity index (χ0v) is 19.9. The van der Waals surface area contributed by atoms with Gasteiger partial charge in [0.1, 0.15) is 0 Å². The van der Waals surface area contributed by atoms with Crippen LogP contribution in [0.25, 0.3) is 0 Å². The van der Waals surface area contributed by atoms with Gasteiger partial charge in [-0.3, -0.25) is 14.8 Å². The number of para-hydroxylation sites is 1. The molecule has 0 atom stereocenters. The quantitative estimate of drug-likeness (QED) is 0.421. The third kappa shape index (κ3) is 5.44. The van der Waals surface area contributed by atoms with Gasteiger partial charge in [0, 0.05) is 29.1 Å². The van der Waals surface area contributed by atoms with Crippen LogP contribution in [0, 0.1) is 27.7 Å². The van der Waals surface area contributed by atoms with Crippen LogP contribution < -0.4 is 10.6 Å². The van der Waals surface area contributed by atoms with Crippen LogP contribution in [-0.2, 0) is 19.5 Å². The number of rotatable bonds is 6. The van der Waals surface area contributed by atoms with Crippen molar-refractivity contribution in [3.05, 3.63) is 81.7 Å². The second-order valence-electron chi connectivity index (χ2n) is 8.10. The Labute approximate surface area is 190 Å². The van der Waals surface area contributed by atoms with E-state index in [-0.39, 0.29) is 5.91 Å². The number of anilines is 1. The van der Waals surface area contributed by atoms with Crippen molar-refractivity contribution >= 4 is 17.6 Å². The van der Waals surface area contributed by atoms with Gasteiger partial charge in [-0.25, -0.2) is 4.99 Å². The van der Waals surface area contributed by atoms with Gasteiger partial charge in [0.15, 0.2) is 0 Å². The van der Waals surface area contributed by atoms with Gasteiger partial charge in [0.05, 0.1) is 12.2 Å². The molecule has 0 bridgehead atoms. The van der Waals surface area contributed by atoms with E-state index in [4.69, 9.17) is 4.99 Å². The van der Waals surface area contributed by atoms with Crippen molar-refractivity contribution in [3.63, 3.8) is 0 Å². The van der Waals surface area contributed by atoms with E-state index in [1.807, 2.05) is 55.8 Å². The van der Waals surface area contributed by atoms with Crippen molar-refractivity contribution < 1.29 is 4.79 Å². The Hall–Kier alpha value is -3.41. The highest BCUT2D eigenvalue weighted by molar-refractivity contribution is 6.10. The van der Waals surface area contributed by atoms with E-state index in [1.54, 1.807) is 0 Å². The van der Waals surface area contributed by atoms with Gasteiger partial charge in [-0.15, -0.1) is 0 Å². The number of benzene rings is 2. The van der Waals surface area contributed by atoms with E-state index >= 15 is 0 Å². The molecule has 3 aromatic rings. The molecule has 0 radical (unpaired) electrons. The van der Waals surface area contributed by atoms with Gasteiger partial charge < -0.3 is 5.32 Å². The zero-order valence-electron chi connectivity index (χ0n) is 19.9. The third-order valence-corrected chi connectivity index (χ3v) is 5.59. The summed E-state index contributed by atoms with van der Waals surface area (Å²) in [5, 5.41) is 10.9. The Morgan fingerprint density at radius 3 is 2.34 bits per heavy atom. The molecule has 0 spiro atoms. The molecule has 0 aliphatic carbocycles. The smallest absolute Gasteiger partial charge is 0.257 e. The minimum Gasteiger partial charge on any atom is -0.326 e. The molecule has 3 rings (SSSR count). The summed E-state index contributed by atoms with van der Waals surface area (Å²) in [5.41, 5.74) is 7.96. The largest absolute Gasteiger partial charge is 0.326 e. The second-order valence-corrected chi connectivity index (χ2v) is 8.10. The molecule has 6 nitrogen and oxygen atoms in total. The van der Waals surface area contributed by atoms with E-state index in [0.717, 1.165) is 52.3 Å². The summed E-state index contributed by atoms with van der Waals surface area (Å²) in [6.45, 7) is 13.5. The lowest BCUT2D eigenvalue weighted by molar-refractivity contribution is 0.0976. The fourth-order valence-electron chi connectivity index (χ4n) is 3.90. The number of carbonyl (C=O) groups is 1. The molecule has 0 saturated carbocycles. The van der Waals surface area contributed by atoms with Gasteiger partial charge >= 0.3 is 0 Å². The highest BCUT2D eigenvalue weighted by atomic mass is 16.1. The van der Waals surface area contributed by atoms with Crippen LogP contribution in [0.1, 0.15) is 57.8 Å². The number of guanidine groups is 1. The van der Waals surface area contributed by atoms with Crippen LogP contribution >= 0.6 is 0 Å². The number of hydrogen-bond donors (Lipinski definition) is 2. The van der Waals surface area contributed by atoms with Gasteiger partial charge in [-0.2, -0.15) is 5.10 Å². The lowest BCUT2D eigenvalue weighted by Gasteiger charge is -2.15. The Kier molecular flexibility index (Phi) is 7.46. The highest BCUT2D eigenvalue weighted by Crippen LogP contribution is 2.17. The van der Waals surface area contributed by atoms with Gasteiger partial charge in [0.2, 0.25) is 5.96 Å². The van der Waals surface area contributed by atoms with Crippen molar-refractivity contribution in [2.75, 3.05) is 5.32 Å². The fourth-order valence-corrected chi connectivity index (χ4v) is 3.90. The van der Waals surface area contributed by atoms with Crippen LogP contribution in [0.3, 0.4) is 0 Å². The van der Waals surface area contributed by atoms with E-state index in [1.165, 1.54) is 0 Å². The first-order chi connectivity index (χ1) is 15.3. The number of nitrogens with one attached hydrogen (secondary N) is 2. The molecule has 0 fully saturated rings.